The van der Waals surface area contributed by atoms with E-state index in [0.29, 0.717) is 17.9 Å². The second-order valence-corrected chi connectivity index (χ2v) is 8.58. The summed E-state index contributed by atoms with van der Waals surface area (Å²) in [6.07, 6.45) is 2.51. The van der Waals surface area contributed by atoms with Crippen LogP contribution in [0.25, 0.3) is 0 Å². The maximum atomic E-state index is 12.3. The lowest BCUT2D eigenvalue weighted by molar-refractivity contribution is -0.119. The van der Waals surface area contributed by atoms with Crippen LogP contribution in [0.4, 0.5) is 5.69 Å². The molecular formula is C21H27N3O5S. The fourth-order valence-electron chi connectivity index (χ4n) is 2.73. The van der Waals surface area contributed by atoms with Gasteiger partial charge in [-0.15, -0.1) is 0 Å². The Morgan fingerprint density at radius 2 is 1.73 bits per heavy atom. The van der Waals surface area contributed by atoms with Crippen LogP contribution in [0.5, 0.6) is 11.5 Å². The molecule has 0 unspecified atom stereocenters. The topological polar surface area (TPSA) is 97.3 Å². The minimum atomic E-state index is -3.71. The van der Waals surface area contributed by atoms with Gasteiger partial charge in [0.2, 0.25) is 10.0 Å². The molecular weight excluding hydrogens is 406 g/mol. The second-order valence-electron chi connectivity index (χ2n) is 6.68. The number of carbonyl (C=O) groups is 1. The van der Waals surface area contributed by atoms with Gasteiger partial charge in [-0.2, -0.15) is 5.10 Å². The van der Waals surface area contributed by atoms with Gasteiger partial charge in [-0.05, 0) is 37.5 Å². The highest BCUT2D eigenvalue weighted by molar-refractivity contribution is 7.92. The summed E-state index contributed by atoms with van der Waals surface area (Å²) in [5.74, 6) is 0.269. The Morgan fingerprint density at radius 3 is 2.33 bits per heavy atom. The summed E-state index contributed by atoms with van der Waals surface area (Å²) in [5, 5.41) is 4.08. The molecule has 0 aromatic heterocycles. The van der Waals surface area contributed by atoms with Crippen LogP contribution in [-0.2, 0) is 21.2 Å². The van der Waals surface area contributed by atoms with Gasteiger partial charge in [-0.1, -0.05) is 30.3 Å². The minimum Gasteiger partial charge on any atom is -0.493 e. The number of sulfonamides is 1. The highest BCUT2D eigenvalue weighted by Gasteiger charge is 2.22. The summed E-state index contributed by atoms with van der Waals surface area (Å²) in [7, 11) is -0.781. The average molecular weight is 434 g/mol. The van der Waals surface area contributed by atoms with Crippen LogP contribution in [-0.4, -0.2) is 47.1 Å². The first-order chi connectivity index (χ1) is 14.2. The van der Waals surface area contributed by atoms with Gasteiger partial charge in [0.1, 0.15) is 6.54 Å². The zero-order chi connectivity index (χ0) is 22.1. The molecule has 162 valence electrons. The number of carbonyl (C=O) groups excluding carboxylic acids is 1. The van der Waals surface area contributed by atoms with Gasteiger partial charge in [-0.25, -0.2) is 13.8 Å². The largest absolute Gasteiger partial charge is 0.493 e. The fraction of sp³-hybridized carbons (Fsp3) is 0.333. The van der Waals surface area contributed by atoms with E-state index in [1.807, 2.05) is 37.3 Å². The smallest absolute Gasteiger partial charge is 0.260 e. The molecule has 0 fully saturated rings. The van der Waals surface area contributed by atoms with Crippen LogP contribution in [0.1, 0.15) is 18.9 Å². The SMILES string of the molecule is COc1ccc(N(CC(=O)N/N=C(/C)CCc2ccccc2)S(C)(=O)=O)cc1OC. The molecule has 0 heterocycles. The van der Waals surface area contributed by atoms with Crippen LogP contribution in [0.2, 0.25) is 0 Å². The Balaban J connectivity index is 2.05. The normalized spacial score (nSPS) is 11.7. The molecule has 0 aliphatic rings. The predicted octanol–water partition coefficient (Wildman–Crippen LogP) is 2.59. The van der Waals surface area contributed by atoms with E-state index >= 15 is 0 Å². The maximum absolute atomic E-state index is 12.3. The first-order valence-corrected chi connectivity index (χ1v) is 11.1. The number of ether oxygens (including phenoxy) is 2. The van der Waals surface area contributed by atoms with Gasteiger partial charge >= 0.3 is 0 Å². The zero-order valence-corrected chi connectivity index (χ0v) is 18.4. The van der Waals surface area contributed by atoms with Crippen LogP contribution in [0, 0.1) is 0 Å². The molecule has 0 saturated heterocycles. The van der Waals surface area contributed by atoms with E-state index in [2.05, 4.69) is 10.5 Å². The molecule has 2 rings (SSSR count). The Hall–Kier alpha value is -3.07. The molecule has 1 N–H and O–H groups in total. The number of aryl methyl sites for hydroxylation is 1. The summed E-state index contributed by atoms with van der Waals surface area (Å²) in [4.78, 5) is 12.3. The Kier molecular flexibility index (Phi) is 8.23. The van der Waals surface area contributed by atoms with Crippen LogP contribution in [0.3, 0.4) is 0 Å². The molecule has 0 atom stereocenters. The zero-order valence-electron chi connectivity index (χ0n) is 17.6. The monoisotopic (exact) mass is 433 g/mol. The van der Waals surface area contributed by atoms with Gasteiger partial charge in [0.05, 0.1) is 26.2 Å². The number of nitrogens with one attached hydrogen (secondary N) is 1. The van der Waals surface area contributed by atoms with Gasteiger partial charge in [0.25, 0.3) is 5.91 Å². The molecule has 9 heteroatoms. The highest BCUT2D eigenvalue weighted by atomic mass is 32.2. The number of hydrogen-bond donors (Lipinski definition) is 1. The Morgan fingerprint density at radius 1 is 1.07 bits per heavy atom. The Bertz CT molecular complexity index is 991. The Labute approximate surface area is 177 Å². The van der Waals surface area contributed by atoms with E-state index in [1.54, 1.807) is 12.1 Å². The molecule has 0 saturated carbocycles. The van der Waals surface area contributed by atoms with Crippen molar-refractivity contribution in [1.29, 1.82) is 0 Å². The molecule has 0 bridgehead atoms. The van der Waals surface area contributed by atoms with Gasteiger partial charge in [0.15, 0.2) is 11.5 Å². The molecule has 2 aromatic carbocycles. The quantitative estimate of drug-likeness (QED) is 0.459. The number of hydrazone groups is 1. The van der Waals surface area contributed by atoms with Crippen molar-refractivity contribution in [2.45, 2.75) is 19.8 Å². The van der Waals surface area contributed by atoms with Crippen molar-refractivity contribution in [3.63, 3.8) is 0 Å². The van der Waals surface area contributed by atoms with Crippen molar-refractivity contribution < 1.29 is 22.7 Å². The fourth-order valence-corrected chi connectivity index (χ4v) is 3.58. The average Bonchev–Trinajstić information content (AvgIpc) is 2.74. The van der Waals surface area contributed by atoms with Crippen LogP contribution >= 0.6 is 0 Å². The first kappa shape index (κ1) is 23.2. The summed E-state index contributed by atoms with van der Waals surface area (Å²) >= 11 is 0. The van der Waals surface area contributed by atoms with Crippen molar-refractivity contribution in [2.24, 2.45) is 5.10 Å². The first-order valence-electron chi connectivity index (χ1n) is 9.30. The number of nitrogens with zero attached hydrogens (tertiary/aromatic N) is 2. The van der Waals surface area contributed by atoms with E-state index in [4.69, 9.17) is 9.47 Å². The van der Waals surface area contributed by atoms with Gasteiger partial charge < -0.3 is 9.47 Å². The van der Waals surface area contributed by atoms with E-state index < -0.39 is 22.5 Å². The summed E-state index contributed by atoms with van der Waals surface area (Å²) in [6, 6.07) is 14.6. The summed E-state index contributed by atoms with van der Waals surface area (Å²) in [5.41, 5.74) is 4.63. The molecule has 0 aliphatic carbocycles. The van der Waals surface area contributed by atoms with Crippen molar-refractivity contribution in [2.75, 3.05) is 31.3 Å². The lowest BCUT2D eigenvalue weighted by Crippen LogP contribution is -2.39. The molecule has 0 spiro atoms. The molecule has 2 aromatic rings. The molecule has 30 heavy (non-hydrogen) atoms. The highest BCUT2D eigenvalue weighted by Crippen LogP contribution is 2.32. The number of methoxy groups -OCH3 is 2. The number of anilines is 1. The molecule has 0 radical (unpaired) electrons. The van der Waals surface area contributed by atoms with Crippen LogP contribution < -0.4 is 19.2 Å². The minimum absolute atomic E-state index is 0.287. The third kappa shape index (κ3) is 6.77. The van der Waals surface area contributed by atoms with E-state index in [1.165, 1.54) is 25.8 Å². The lowest BCUT2D eigenvalue weighted by atomic mass is 10.1. The van der Waals surface area contributed by atoms with E-state index in [9.17, 15) is 13.2 Å². The van der Waals surface area contributed by atoms with Crippen molar-refractivity contribution in [3.05, 3.63) is 54.1 Å². The van der Waals surface area contributed by atoms with Crippen LogP contribution in [0.15, 0.2) is 53.6 Å². The second kappa shape index (κ2) is 10.6. The van der Waals surface area contributed by atoms with Crippen molar-refractivity contribution >= 4 is 27.3 Å². The molecule has 1 amide bonds. The van der Waals surface area contributed by atoms with Gasteiger partial charge in [-0.3, -0.25) is 9.10 Å². The number of amides is 1. The van der Waals surface area contributed by atoms with E-state index in [0.717, 1.165) is 22.7 Å². The third-order valence-electron chi connectivity index (χ3n) is 4.33. The number of benzene rings is 2. The van der Waals surface area contributed by atoms with E-state index in [-0.39, 0.29) is 5.69 Å². The molecule has 0 aliphatic heterocycles. The summed E-state index contributed by atoms with van der Waals surface area (Å²) < 4.78 is 35.9. The molecule has 8 nitrogen and oxygen atoms in total. The lowest BCUT2D eigenvalue weighted by Gasteiger charge is -2.22. The third-order valence-corrected chi connectivity index (χ3v) is 5.47. The summed E-state index contributed by atoms with van der Waals surface area (Å²) in [6.45, 7) is 1.40. The predicted molar refractivity (Wildman–Crippen MR) is 118 cm³/mol. The van der Waals surface area contributed by atoms with Crippen molar-refractivity contribution in [3.8, 4) is 11.5 Å². The standard InChI is InChI=1S/C21H27N3O5S/c1-16(10-11-17-8-6-5-7-9-17)22-23-21(25)15-24(30(4,26)27)18-12-13-19(28-2)20(14-18)29-3/h5-9,12-14H,10-11,15H2,1-4H3,(H,23,25)/b22-16-. The number of rotatable bonds is 10. The van der Waals surface area contributed by atoms with Crippen molar-refractivity contribution in [1.82, 2.24) is 5.43 Å². The number of hydrogen-bond acceptors (Lipinski definition) is 6. The van der Waals surface area contributed by atoms with Gasteiger partial charge in [0, 0.05) is 11.8 Å². The maximum Gasteiger partial charge on any atom is 0.260 e.